The van der Waals surface area contributed by atoms with Crippen molar-refractivity contribution in [1.82, 2.24) is 14.7 Å². The van der Waals surface area contributed by atoms with Crippen molar-refractivity contribution in [3.63, 3.8) is 0 Å². The van der Waals surface area contributed by atoms with Crippen LogP contribution in [-0.4, -0.2) is 41.0 Å². The number of hydrogen-bond acceptors (Lipinski definition) is 6. The zero-order chi connectivity index (χ0) is 28.7. The van der Waals surface area contributed by atoms with Crippen LogP contribution in [0.5, 0.6) is 0 Å². The lowest BCUT2D eigenvalue weighted by Crippen LogP contribution is -2.36. The number of pyridine rings is 1. The van der Waals surface area contributed by atoms with E-state index in [2.05, 4.69) is 10.1 Å². The second kappa shape index (κ2) is 10.5. The molecule has 0 unspecified atom stereocenters. The maximum atomic E-state index is 15.4. The summed E-state index contributed by atoms with van der Waals surface area (Å²) in [6, 6.07) is 14.9. The number of aromatic nitrogens is 3. The van der Waals surface area contributed by atoms with Gasteiger partial charge in [-0.05, 0) is 61.4 Å². The van der Waals surface area contributed by atoms with Gasteiger partial charge in [0, 0.05) is 31.2 Å². The molecule has 0 N–H and O–H groups in total. The lowest BCUT2D eigenvalue weighted by Gasteiger charge is -2.29. The van der Waals surface area contributed by atoms with Crippen LogP contribution in [0.4, 0.5) is 18.9 Å². The summed E-state index contributed by atoms with van der Waals surface area (Å²) in [6.45, 7) is 6.02. The molecule has 1 aliphatic heterocycles. The first-order valence-electron chi connectivity index (χ1n) is 13.2. The van der Waals surface area contributed by atoms with Gasteiger partial charge < -0.3 is 18.7 Å². The van der Waals surface area contributed by atoms with Crippen LogP contribution >= 0.6 is 0 Å². The van der Waals surface area contributed by atoms with Gasteiger partial charge in [0.25, 0.3) is 5.89 Å². The maximum absolute atomic E-state index is 15.4. The minimum atomic E-state index is -0.751. The van der Waals surface area contributed by atoms with Gasteiger partial charge in [-0.3, -0.25) is 4.79 Å². The van der Waals surface area contributed by atoms with Gasteiger partial charge in [-0.25, -0.2) is 13.2 Å². The third kappa shape index (κ3) is 5.11. The number of anilines is 1. The molecule has 3 aromatic carbocycles. The van der Waals surface area contributed by atoms with Gasteiger partial charge in [0.1, 0.15) is 23.0 Å². The minimum absolute atomic E-state index is 0.0207. The first kappa shape index (κ1) is 26.8. The highest BCUT2D eigenvalue weighted by atomic mass is 19.1. The second-order valence-corrected chi connectivity index (χ2v) is 10.6. The van der Waals surface area contributed by atoms with E-state index in [1.54, 1.807) is 41.1 Å². The van der Waals surface area contributed by atoms with Crippen LogP contribution in [0, 0.1) is 17.5 Å². The molecule has 1 aliphatic rings. The van der Waals surface area contributed by atoms with Crippen LogP contribution in [0.1, 0.15) is 30.8 Å². The predicted molar refractivity (Wildman–Crippen MR) is 149 cm³/mol. The van der Waals surface area contributed by atoms with Crippen molar-refractivity contribution in [3.05, 3.63) is 111 Å². The van der Waals surface area contributed by atoms with E-state index in [1.807, 2.05) is 18.7 Å². The zero-order valence-electron chi connectivity index (χ0n) is 22.5. The van der Waals surface area contributed by atoms with Gasteiger partial charge in [-0.1, -0.05) is 29.4 Å². The summed E-state index contributed by atoms with van der Waals surface area (Å²) < 4.78 is 55.3. The largest absolute Gasteiger partial charge is 0.378 e. The zero-order valence-corrected chi connectivity index (χ0v) is 22.5. The molecular formula is C31H27F3N4O3. The fraction of sp³-hybridized carbons (Fsp3) is 0.258. The molecule has 0 spiro atoms. The van der Waals surface area contributed by atoms with Gasteiger partial charge in [-0.2, -0.15) is 4.98 Å². The van der Waals surface area contributed by atoms with Crippen molar-refractivity contribution in [2.24, 2.45) is 0 Å². The summed E-state index contributed by atoms with van der Waals surface area (Å²) in [5, 5.41) is 4.29. The second-order valence-electron chi connectivity index (χ2n) is 10.6. The first-order valence-corrected chi connectivity index (χ1v) is 13.2. The van der Waals surface area contributed by atoms with Crippen molar-refractivity contribution in [1.29, 1.82) is 0 Å². The lowest BCUT2D eigenvalue weighted by atomic mass is 9.84. The topological polar surface area (TPSA) is 73.4 Å². The standard InChI is InChI=1S/C31H27F3N4O3/c1-31(2,20-5-9-22(33)10-6-20)30-35-29(41-36-30)24-18-38(17-19-3-7-21(32)8-4-19)26-16-27(37-11-13-40-14-12-37)25(34)15-23(26)28(24)39/h3-10,15-16,18H,11-14,17H2,1-2H3. The van der Waals surface area contributed by atoms with Gasteiger partial charge in [-0.15, -0.1) is 0 Å². The Hall–Kier alpha value is -4.44. The Morgan fingerprint density at radius 1 is 0.927 bits per heavy atom. The molecule has 7 nitrogen and oxygen atoms in total. The molecule has 0 aliphatic carbocycles. The number of halogens is 3. The van der Waals surface area contributed by atoms with Crippen LogP contribution in [0.15, 0.2) is 76.2 Å². The normalized spacial score (nSPS) is 14.1. The molecule has 0 bridgehead atoms. The molecule has 5 aromatic rings. The highest BCUT2D eigenvalue weighted by Crippen LogP contribution is 2.32. The van der Waals surface area contributed by atoms with Crippen LogP contribution in [0.2, 0.25) is 0 Å². The van der Waals surface area contributed by atoms with Crippen molar-refractivity contribution in [3.8, 4) is 11.5 Å². The van der Waals surface area contributed by atoms with Crippen molar-refractivity contribution >= 4 is 16.6 Å². The summed E-state index contributed by atoms with van der Waals surface area (Å²) in [6.07, 6.45) is 1.61. The minimum Gasteiger partial charge on any atom is -0.378 e. The molecular weight excluding hydrogens is 533 g/mol. The van der Waals surface area contributed by atoms with E-state index in [-0.39, 0.29) is 35.0 Å². The summed E-state index contributed by atoms with van der Waals surface area (Å²) in [5.74, 6) is -0.964. The molecule has 41 heavy (non-hydrogen) atoms. The molecule has 0 saturated carbocycles. The van der Waals surface area contributed by atoms with Gasteiger partial charge in [0.15, 0.2) is 5.82 Å². The van der Waals surface area contributed by atoms with Crippen molar-refractivity contribution < 1.29 is 22.4 Å². The molecule has 2 aromatic heterocycles. The Balaban J connectivity index is 1.48. The van der Waals surface area contributed by atoms with Gasteiger partial charge in [0.05, 0.1) is 29.8 Å². The Bertz CT molecular complexity index is 1770. The Labute approximate surface area is 233 Å². The molecule has 210 valence electrons. The third-order valence-electron chi connectivity index (χ3n) is 7.55. The Morgan fingerprint density at radius 3 is 2.27 bits per heavy atom. The van der Waals surface area contributed by atoms with E-state index >= 15 is 4.39 Å². The molecule has 1 saturated heterocycles. The van der Waals surface area contributed by atoms with Crippen LogP contribution in [0.3, 0.4) is 0 Å². The summed E-state index contributed by atoms with van der Waals surface area (Å²) in [5.41, 5.74) is 1.32. The van der Waals surface area contributed by atoms with Gasteiger partial charge >= 0.3 is 0 Å². The maximum Gasteiger partial charge on any atom is 0.263 e. The number of hydrogen-bond donors (Lipinski definition) is 0. The molecule has 10 heteroatoms. The Morgan fingerprint density at radius 2 is 1.59 bits per heavy atom. The molecule has 0 atom stereocenters. The highest BCUT2D eigenvalue weighted by Gasteiger charge is 2.30. The number of rotatable bonds is 6. The summed E-state index contributed by atoms with van der Waals surface area (Å²) in [7, 11) is 0. The van der Waals surface area contributed by atoms with Crippen LogP contribution in [0.25, 0.3) is 22.4 Å². The van der Waals surface area contributed by atoms with E-state index in [9.17, 15) is 13.6 Å². The van der Waals surface area contributed by atoms with E-state index in [1.165, 1.54) is 30.3 Å². The van der Waals surface area contributed by atoms with E-state index in [4.69, 9.17) is 9.26 Å². The SMILES string of the molecule is CC(C)(c1ccc(F)cc1)c1noc(-c2cn(Cc3ccc(F)cc3)c3cc(N4CCOCC4)c(F)cc3c2=O)n1. The van der Waals surface area contributed by atoms with Crippen LogP contribution < -0.4 is 10.3 Å². The average Bonchev–Trinajstić information content (AvgIpc) is 3.47. The third-order valence-corrected chi connectivity index (χ3v) is 7.55. The van der Waals surface area contributed by atoms with E-state index in [0.717, 1.165) is 11.1 Å². The fourth-order valence-corrected chi connectivity index (χ4v) is 5.10. The smallest absolute Gasteiger partial charge is 0.263 e. The molecule has 3 heterocycles. The molecule has 1 fully saturated rings. The number of nitrogens with zero attached hydrogens (tertiary/aromatic N) is 4. The number of fused-ring (bicyclic) bond motifs is 1. The van der Waals surface area contributed by atoms with Crippen molar-refractivity contribution in [2.45, 2.75) is 25.8 Å². The highest BCUT2D eigenvalue weighted by molar-refractivity contribution is 5.86. The molecule has 0 radical (unpaired) electrons. The van der Waals surface area contributed by atoms with E-state index in [0.29, 0.717) is 43.3 Å². The lowest BCUT2D eigenvalue weighted by molar-refractivity contribution is 0.122. The van der Waals surface area contributed by atoms with Crippen LogP contribution in [-0.2, 0) is 16.7 Å². The summed E-state index contributed by atoms with van der Waals surface area (Å²) in [4.78, 5) is 20.2. The quantitative estimate of drug-likeness (QED) is 0.266. The number of ether oxygens (including phenoxy) is 1. The van der Waals surface area contributed by atoms with Crippen molar-refractivity contribution in [2.75, 3.05) is 31.2 Å². The first-order chi connectivity index (χ1) is 19.7. The molecule has 0 amide bonds. The summed E-state index contributed by atoms with van der Waals surface area (Å²) >= 11 is 0. The molecule has 6 rings (SSSR count). The number of morpholine rings is 1. The van der Waals surface area contributed by atoms with E-state index < -0.39 is 16.7 Å². The number of benzene rings is 3. The van der Waals surface area contributed by atoms with Gasteiger partial charge in [0.2, 0.25) is 5.43 Å². The average molecular weight is 561 g/mol. The fourth-order valence-electron chi connectivity index (χ4n) is 5.10. The Kier molecular flexibility index (Phi) is 6.86. The predicted octanol–water partition coefficient (Wildman–Crippen LogP) is 5.68. The monoisotopic (exact) mass is 560 g/mol.